The van der Waals surface area contributed by atoms with Gasteiger partial charge in [-0.3, -0.25) is 4.79 Å². The van der Waals surface area contributed by atoms with Crippen LogP contribution in [0.4, 0.5) is 23.9 Å². The van der Waals surface area contributed by atoms with Gasteiger partial charge in [0.2, 0.25) is 0 Å². The number of rotatable bonds is 2. The fraction of sp³-hybridized carbons (Fsp3) is 0.182. The first-order valence-electron chi connectivity index (χ1n) is 5.36. The lowest BCUT2D eigenvalue weighted by Gasteiger charge is -2.12. The third-order valence-electron chi connectivity index (χ3n) is 2.54. The van der Waals surface area contributed by atoms with E-state index in [0.29, 0.717) is 5.56 Å². The van der Waals surface area contributed by atoms with Crippen molar-refractivity contribution in [3.63, 3.8) is 0 Å². The molecule has 0 fully saturated rings. The van der Waals surface area contributed by atoms with E-state index in [1.165, 1.54) is 6.07 Å². The minimum absolute atomic E-state index is 0. The van der Waals surface area contributed by atoms with Gasteiger partial charge in [-0.15, -0.1) is 17.5 Å². The van der Waals surface area contributed by atoms with Crippen LogP contribution >= 0.6 is 23.9 Å². The number of carbonyl (C=O) groups is 1. The number of anilines is 2. The van der Waals surface area contributed by atoms with Crippen LogP contribution in [0.5, 0.6) is 0 Å². The molecule has 1 aromatic heterocycles. The number of benzene rings is 1. The summed E-state index contributed by atoms with van der Waals surface area (Å²) >= 11 is 0.831. The van der Waals surface area contributed by atoms with Crippen molar-refractivity contribution < 1.29 is 18.0 Å². The number of alkyl halides is 3. The number of nitrogens with zero attached hydrogens (tertiary/aromatic N) is 2. The Kier molecular flexibility index (Phi) is 5.13. The number of aryl methyl sites for hydroxylation is 1. The highest BCUT2D eigenvalue weighted by molar-refractivity contribution is 7.10. The second-order valence-electron chi connectivity index (χ2n) is 3.97. The topological polar surface area (TPSA) is 80.9 Å². The number of amides is 1. The molecule has 21 heavy (non-hydrogen) atoms. The van der Waals surface area contributed by atoms with Crippen molar-refractivity contribution in [2.75, 3.05) is 11.1 Å². The fourth-order valence-electron chi connectivity index (χ4n) is 1.47. The number of aromatic nitrogens is 2. The second-order valence-corrected chi connectivity index (χ2v) is 4.75. The molecule has 5 nitrogen and oxygen atoms in total. The minimum atomic E-state index is -4.48. The Morgan fingerprint density at radius 3 is 2.57 bits per heavy atom. The summed E-state index contributed by atoms with van der Waals surface area (Å²) in [5, 5.41) is 5.98. The van der Waals surface area contributed by atoms with Gasteiger partial charge in [0.05, 0.1) is 5.56 Å². The number of nitrogens with two attached hydrogens (primary N) is 1. The predicted molar refractivity (Wildman–Crippen MR) is 75.7 cm³/mol. The molecule has 1 aromatic carbocycles. The van der Waals surface area contributed by atoms with Crippen LogP contribution in [0.25, 0.3) is 0 Å². The van der Waals surface area contributed by atoms with E-state index in [1.54, 1.807) is 6.92 Å². The normalized spacial score (nSPS) is 10.9. The Morgan fingerprint density at radius 2 is 2.05 bits per heavy atom. The number of hydrogen-bond donors (Lipinski definition) is 2. The van der Waals surface area contributed by atoms with Crippen LogP contribution in [-0.4, -0.2) is 15.5 Å². The Labute approximate surface area is 127 Å². The van der Waals surface area contributed by atoms with Crippen molar-refractivity contribution in [2.24, 2.45) is 0 Å². The van der Waals surface area contributed by atoms with Gasteiger partial charge in [0, 0.05) is 17.2 Å². The Morgan fingerprint density at radius 1 is 1.38 bits per heavy atom. The zero-order chi connectivity index (χ0) is 14.9. The highest BCUT2D eigenvalue weighted by Crippen LogP contribution is 2.32. The molecule has 0 saturated heterocycles. The van der Waals surface area contributed by atoms with Gasteiger partial charge in [0.15, 0.2) is 5.69 Å². The van der Waals surface area contributed by atoms with E-state index >= 15 is 0 Å². The molecule has 114 valence electrons. The molecule has 0 radical (unpaired) electrons. The van der Waals surface area contributed by atoms with Crippen LogP contribution in [0, 0.1) is 6.92 Å². The average molecular weight is 339 g/mol. The van der Waals surface area contributed by atoms with Crippen LogP contribution in [0.15, 0.2) is 18.2 Å². The minimum Gasteiger partial charge on any atom is -0.387 e. The number of nitrogens with one attached hydrogen (secondary N) is 1. The van der Waals surface area contributed by atoms with E-state index in [1.807, 2.05) is 0 Å². The molecule has 2 rings (SSSR count). The van der Waals surface area contributed by atoms with Crippen molar-refractivity contribution in [2.45, 2.75) is 13.1 Å². The molecule has 1 heterocycles. The molecule has 0 aliphatic heterocycles. The van der Waals surface area contributed by atoms with E-state index in [4.69, 9.17) is 5.73 Å². The summed E-state index contributed by atoms with van der Waals surface area (Å²) in [6.45, 7) is 1.58. The van der Waals surface area contributed by atoms with Gasteiger partial charge in [-0.1, -0.05) is 10.6 Å². The first kappa shape index (κ1) is 17.2. The van der Waals surface area contributed by atoms with Crippen LogP contribution in [0.1, 0.15) is 21.6 Å². The van der Waals surface area contributed by atoms with Crippen LogP contribution < -0.4 is 11.1 Å². The van der Waals surface area contributed by atoms with Crippen molar-refractivity contribution >= 4 is 40.5 Å². The van der Waals surface area contributed by atoms with Crippen LogP contribution in [0.3, 0.4) is 0 Å². The summed E-state index contributed by atoms with van der Waals surface area (Å²) in [5.41, 5.74) is 5.08. The average Bonchev–Trinajstić information content (AvgIpc) is 2.77. The quantitative estimate of drug-likeness (QED) is 0.881. The van der Waals surface area contributed by atoms with Crippen molar-refractivity contribution in [1.82, 2.24) is 9.59 Å². The predicted octanol–water partition coefficient (Wildman–Crippen LogP) is 3.12. The lowest BCUT2D eigenvalue weighted by atomic mass is 10.1. The van der Waals surface area contributed by atoms with Crippen LogP contribution in [-0.2, 0) is 6.18 Å². The Bertz CT molecular complexity index is 659. The summed E-state index contributed by atoms with van der Waals surface area (Å²) in [4.78, 5) is 11.8. The van der Waals surface area contributed by atoms with Gasteiger partial charge in [0.25, 0.3) is 5.91 Å². The molecule has 0 atom stereocenters. The highest BCUT2D eigenvalue weighted by atomic mass is 35.5. The third-order valence-corrected chi connectivity index (χ3v) is 3.09. The maximum atomic E-state index is 12.6. The maximum absolute atomic E-state index is 12.6. The largest absolute Gasteiger partial charge is 0.416 e. The van der Waals surface area contributed by atoms with Gasteiger partial charge < -0.3 is 11.1 Å². The number of nitrogen functional groups attached to an aromatic ring is 1. The monoisotopic (exact) mass is 338 g/mol. The summed E-state index contributed by atoms with van der Waals surface area (Å²) < 4.78 is 41.4. The molecule has 0 saturated carbocycles. The molecule has 0 aliphatic rings. The standard InChI is InChI=1S/C11H9F3N4OS.ClH/c1-5-2-3-6(11(12,13)14)4-7(5)16-10(19)8-9(15)20-18-17-8;/h2-4H,15H2,1H3,(H,16,19);1H. The van der Waals surface area contributed by atoms with Crippen molar-refractivity contribution in [1.29, 1.82) is 0 Å². The molecule has 2 aromatic rings. The van der Waals surface area contributed by atoms with Gasteiger partial charge in [-0.25, -0.2) is 0 Å². The molecular weight excluding hydrogens is 329 g/mol. The molecule has 1 amide bonds. The zero-order valence-electron chi connectivity index (χ0n) is 10.6. The van der Waals surface area contributed by atoms with E-state index in [2.05, 4.69) is 14.9 Å². The molecule has 0 bridgehead atoms. The van der Waals surface area contributed by atoms with E-state index in [-0.39, 0.29) is 28.8 Å². The summed E-state index contributed by atoms with van der Waals surface area (Å²) in [5.74, 6) is -0.696. The maximum Gasteiger partial charge on any atom is 0.416 e. The lowest BCUT2D eigenvalue weighted by molar-refractivity contribution is -0.137. The molecule has 10 heteroatoms. The SMILES string of the molecule is Cc1ccc(C(F)(F)F)cc1NC(=O)c1nnsc1N.Cl. The lowest BCUT2D eigenvalue weighted by Crippen LogP contribution is -2.16. The smallest absolute Gasteiger partial charge is 0.387 e. The first-order chi connectivity index (χ1) is 9.29. The Hall–Kier alpha value is -1.87. The van der Waals surface area contributed by atoms with Gasteiger partial charge in [-0.2, -0.15) is 13.2 Å². The van der Waals surface area contributed by atoms with Crippen molar-refractivity contribution in [3.8, 4) is 0 Å². The molecule has 0 unspecified atom stereocenters. The number of halogens is 4. The molecule has 0 aliphatic carbocycles. The third kappa shape index (κ3) is 3.82. The summed E-state index contributed by atoms with van der Waals surface area (Å²) in [6, 6.07) is 3.09. The zero-order valence-corrected chi connectivity index (χ0v) is 12.2. The van der Waals surface area contributed by atoms with E-state index in [0.717, 1.165) is 23.7 Å². The highest BCUT2D eigenvalue weighted by Gasteiger charge is 2.31. The summed E-state index contributed by atoms with van der Waals surface area (Å²) in [6.07, 6.45) is -4.48. The van der Waals surface area contributed by atoms with Crippen LogP contribution in [0.2, 0.25) is 0 Å². The van der Waals surface area contributed by atoms with Gasteiger partial charge in [-0.05, 0) is 24.6 Å². The molecular formula is C11H10ClF3N4OS. The number of hydrogen-bond acceptors (Lipinski definition) is 5. The molecule has 0 spiro atoms. The number of carbonyl (C=O) groups excluding carboxylic acids is 1. The first-order valence-corrected chi connectivity index (χ1v) is 6.13. The Balaban J connectivity index is 0.00000220. The molecule has 3 N–H and O–H groups in total. The van der Waals surface area contributed by atoms with Crippen molar-refractivity contribution in [3.05, 3.63) is 35.0 Å². The summed E-state index contributed by atoms with van der Waals surface area (Å²) in [7, 11) is 0. The fourth-order valence-corrected chi connectivity index (χ4v) is 1.90. The van der Waals surface area contributed by atoms with E-state index in [9.17, 15) is 18.0 Å². The van der Waals surface area contributed by atoms with Gasteiger partial charge >= 0.3 is 6.18 Å². The second kappa shape index (κ2) is 6.27. The van der Waals surface area contributed by atoms with Gasteiger partial charge in [0.1, 0.15) is 5.00 Å². The van der Waals surface area contributed by atoms with E-state index < -0.39 is 17.6 Å².